The van der Waals surface area contributed by atoms with Crippen LogP contribution in [0.5, 0.6) is 0 Å². The lowest BCUT2D eigenvalue weighted by Crippen LogP contribution is -2.62. The lowest BCUT2D eigenvalue weighted by Gasteiger charge is -2.64. The fraction of sp³-hybridized carbons (Fsp3) is 1.00. The number of rotatable bonds is 2. The van der Waals surface area contributed by atoms with Gasteiger partial charge in [0, 0.05) is 5.92 Å². The molecule has 0 amide bonds. The smallest absolute Gasteiger partial charge is 0.0865 e. The molecule has 0 aromatic rings. The van der Waals surface area contributed by atoms with Crippen LogP contribution in [0.4, 0.5) is 0 Å². The second-order valence-corrected chi connectivity index (χ2v) is 15.9. The van der Waals surface area contributed by atoms with Gasteiger partial charge >= 0.3 is 0 Å². The van der Waals surface area contributed by atoms with E-state index in [9.17, 15) is 20.4 Å². The van der Waals surface area contributed by atoms with E-state index in [2.05, 4.69) is 34.6 Å². The van der Waals surface area contributed by atoms with E-state index in [0.29, 0.717) is 5.92 Å². The first-order valence-electron chi connectivity index (χ1n) is 14.4. The molecule has 0 radical (unpaired) electrons. The van der Waals surface area contributed by atoms with Gasteiger partial charge in [0.05, 0.1) is 35.6 Å². The molecule has 4 N–H and O–H groups in total. The van der Waals surface area contributed by atoms with E-state index in [0.717, 1.165) is 51.4 Å². The predicted molar refractivity (Wildman–Crippen MR) is 134 cm³/mol. The van der Waals surface area contributed by atoms with E-state index in [1.165, 1.54) is 6.42 Å². The number of fused-ring (bicyclic) bond motifs is 2. The summed E-state index contributed by atoms with van der Waals surface area (Å²) in [5, 5.41) is 45.0. The Hall–Kier alpha value is -0.200. The van der Waals surface area contributed by atoms with Gasteiger partial charge in [-0.2, -0.15) is 0 Å². The Labute approximate surface area is 212 Å². The van der Waals surface area contributed by atoms with E-state index >= 15 is 0 Å². The highest BCUT2D eigenvalue weighted by Crippen LogP contribution is 2.89. The summed E-state index contributed by atoms with van der Waals surface area (Å²) in [6.45, 7) is 15.0. The van der Waals surface area contributed by atoms with Crippen molar-refractivity contribution in [2.75, 3.05) is 0 Å². The van der Waals surface area contributed by atoms with Crippen LogP contribution >= 0.6 is 0 Å². The Morgan fingerprint density at radius 3 is 2.09 bits per heavy atom. The summed E-state index contributed by atoms with van der Waals surface area (Å²) in [5.41, 5.74) is -1.35. The molecule has 1 heterocycles. The first kappa shape index (κ1) is 25.1. The van der Waals surface area contributed by atoms with Crippen LogP contribution in [0.1, 0.15) is 106 Å². The zero-order valence-corrected chi connectivity index (χ0v) is 23.1. The summed E-state index contributed by atoms with van der Waals surface area (Å²) in [6.07, 6.45) is 7.18. The van der Waals surface area contributed by atoms with Crippen molar-refractivity contribution >= 4 is 0 Å². The molecule has 6 aliphatic rings. The normalized spacial score (nSPS) is 60.9. The third-order valence-electron chi connectivity index (χ3n) is 13.8. The number of aliphatic hydroxyl groups is 4. The minimum atomic E-state index is -0.886. The Morgan fingerprint density at radius 2 is 1.46 bits per heavy atom. The average molecular weight is 491 g/mol. The molecule has 6 fully saturated rings. The van der Waals surface area contributed by atoms with Gasteiger partial charge in [0.1, 0.15) is 0 Å². The maximum atomic E-state index is 11.7. The van der Waals surface area contributed by atoms with Crippen molar-refractivity contribution in [3.05, 3.63) is 0 Å². The highest BCUT2D eigenvalue weighted by atomic mass is 16.5. The van der Waals surface area contributed by atoms with Gasteiger partial charge in [-0.15, -0.1) is 0 Å². The minimum Gasteiger partial charge on any atom is -0.393 e. The standard InChI is InChI=1S/C30H50O5/c1-24(2)20(33)8-11-30-16-29(30)13-12-26(5)23(28(7)10-9-21(35-28)25(3,4)34)18(32)15-27(26,6)19(29)14-17(31)22(24)30/h17-23,31-34H,8-16H2,1-7H3/t17-,18-,19-,20-,21+,22?,23-,26+,27-,28-,29?,30?/m0/s1. The van der Waals surface area contributed by atoms with Crippen LogP contribution in [-0.2, 0) is 4.74 Å². The second-order valence-electron chi connectivity index (χ2n) is 15.9. The number of aliphatic hydroxyl groups excluding tert-OH is 3. The molecule has 2 spiro atoms. The van der Waals surface area contributed by atoms with Crippen molar-refractivity contribution in [3.8, 4) is 0 Å². The van der Waals surface area contributed by atoms with Crippen molar-refractivity contribution in [1.29, 1.82) is 0 Å². The molecular weight excluding hydrogens is 440 g/mol. The van der Waals surface area contributed by atoms with Gasteiger partial charge in [-0.3, -0.25) is 0 Å². The van der Waals surface area contributed by atoms with Crippen LogP contribution in [0.15, 0.2) is 0 Å². The van der Waals surface area contributed by atoms with E-state index < -0.39 is 23.4 Å². The van der Waals surface area contributed by atoms with E-state index in [1.54, 1.807) is 0 Å². The zero-order valence-electron chi connectivity index (χ0n) is 23.1. The molecular formula is C30H50O5. The highest BCUT2D eigenvalue weighted by molar-refractivity contribution is 5.33. The molecule has 0 aromatic heterocycles. The molecule has 1 aliphatic heterocycles. The summed E-state index contributed by atoms with van der Waals surface area (Å²) in [6, 6.07) is 0. The van der Waals surface area contributed by atoms with Gasteiger partial charge in [-0.1, -0.05) is 27.7 Å². The lowest BCUT2D eigenvalue weighted by molar-refractivity contribution is -0.213. The molecule has 1 saturated heterocycles. The first-order chi connectivity index (χ1) is 16.0. The maximum absolute atomic E-state index is 11.7. The largest absolute Gasteiger partial charge is 0.393 e. The SMILES string of the molecule is CC(C)(O)[C@H]1CC[C@@](C)([C@H]2[C@@H](O)C[C@@]3(C)[C@@H]4C[C@H](O)C5C(C)(C)[C@@H](O)CCC56CC46CC[C@]23C)O1. The predicted octanol–water partition coefficient (Wildman–Crippen LogP) is 4.44. The Balaban J connectivity index is 1.37. The molecule has 0 aromatic carbocycles. The minimum absolute atomic E-state index is 0.0267. The Bertz CT molecular complexity index is 911. The summed E-state index contributed by atoms with van der Waals surface area (Å²) in [5.74, 6) is 0.577. The van der Waals surface area contributed by atoms with Crippen molar-refractivity contribution in [3.63, 3.8) is 0 Å². The Kier molecular flexibility index (Phi) is 4.92. The van der Waals surface area contributed by atoms with E-state index in [4.69, 9.17) is 4.74 Å². The van der Waals surface area contributed by atoms with Crippen molar-refractivity contribution in [1.82, 2.24) is 0 Å². The second kappa shape index (κ2) is 6.86. The summed E-state index contributed by atoms with van der Waals surface area (Å²) < 4.78 is 6.66. The maximum Gasteiger partial charge on any atom is 0.0865 e. The number of hydrogen-bond donors (Lipinski definition) is 4. The molecule has 5 aliphatic carbocycles. The third kappa shape index (κ3) is 2.78. The topological polar surface area (TPSA) is 90.2 Å². The number of ether oxygens (including phenoxy) is 1. The summed E-state index contributed by atoms with van der Waals surface area (Å²) in [7, 11) is 0. The monoisotopic (exact) mass is 490 g/mol. The zero-order chi connectivity index (χ0) is 25.6. The summed E-state index contributed by atoms with van der Waals surface area (Å²) in [4.78, 5) is 0. The van der Waals surface area contributed by atoms with Crippen LogP contribution in [0, 0.1) is 44.8 Å². The average Bonchev–Trinajstić information content (AvgIpc) is 3.08. The van der Waals surface area contributed by atoms with Crippen molar-refractivity contribution in [2.24, 2.45) is 44.8 Å². The molecule has 5 saturated carbocycles. The molecule has 12 atom stereocenters. The van der Waals surface area contributed by atoms with Gasteiger partial charge in [0.25, 0.3) is 0 Å². The number of hydrogen-bond acceptors (Lipinski definition) is 5. The van der Waals surface area contributed by atoms with Gasteiger partial charge in [-0.05, 0) is 117 Å². The van der Waals surface area contributed by atoms with Gasteiger partial charge in [0.2, 0.25) is 0 Å². The van der Waals surface area contributed by atoms with Crippen LogP contribution in [0.3, 0.4) is 0 Å². The molecule has 35 heavy (non-hydrogen) atoms. The third-order valence-corrected chi connectivity index (χ3v) is 13.8. The van der Waals surface area contributed by atoms with Crippen LogP contribution < -0.4 is 0 Å². The van der Waals surface area contributed by atoms with E-state index in [-0.39, 0.29) is 51.1 Å². The lowest BCUT2D eigenvalue weighted by atomic mass is 9.41. The molecule has 5 heteroatoms. The molecule has 5 nitrogen and oxygen atoms in total. The molecule has 200 valence electrons. The molecule has 3 unspecified atom stereocenters. The highest BCUT2D eigenvalue weighted by Gasteiger charge is 2.84. The fourth-order valence-electron chi connectivity index (χ4n) is 12.1. The van der Waals surface area contributed by atoms with E-state index in [1.807, 2.05) is 13.8 Å². The van der Waals surface area contributed by atoms with Gasteiger partial charge < -0.3 is 25.2 Å². The first-order valence-corrected chi connectivity index (χ1v) is 14.4. The van der Waals surface area contributed by atoms with Crippen LogP contribution in [-0.4, -0.2) is 56.0 Å². The fourth-order valence-corrected chi connectivity index (χ4v) is 12.1. The molecule has 0 bridgehead atoms. The van der Waals surface area contributed by atoms with Crippen molar-refractivity contribution in [2.45, 2.75) is 142 Å². The quantitative estimate of drug-likeness (QED) is 0.460. The van der Waals surface area contributed by atoms with Gasteiger partial charge in [0.15, 0.2) is 0 Å². The Morgan fingerprint density at radius 1 is 0.771 bits per heavy atom. The van der Waals surface area contributed by atoms with Gasteiger partial charge in [-0.25, -0.2) is 0 Å². The molecule has 6 rings (SSSR count). The summed E-state index contributed by atoms with van der Waals surface area (Å²) >= 11 is 0. The van der Waals surface area contributed by atoms with Crippen LogP contribution in [0.25, 0.3) is 0 Å². The van der Waals surface area contributed by atoms with Crippen LogP contribution in [0.2, 0.25) is 0 Å². The van der Waals surface area contributed by atoms with Crippen molar-refractivity contribution < 1.29 is 25.2 Å².